The molecule has 0 saturated carbocycles. The van der Waals surface area contributed by atoms with E-state index in [-0.39, 0.29) is 34.6 Å². The van der Waals surface area contributed by atoms with Crippen molar-refractivity contribution in [1.82, 2.24) is 0 Å². The van der Waals surface area contributed by atoms with E-state index >= 15 is 0 Å². The summed E-state index contributed by atoms with van der Waals surface area (Å²) in [6.45, 7) is 1.40. The molecule has 0 aliphatic carbocycles. The molecule has 0 aliphatic rings. The Balaban J connectivity index is 2.69. The van der Waals surface area contributed by atoms with Crippen LogP contribution in [0.4, 0.5) is 10.1 Å². The first-order chi connectivity index (χ1) is 7.90. The van der Waals surface area contributed by atoms with Crippen LogP contribution in [0.2, 0.25) is 10.0 Å². The lowest BCUT2D eigenvalue weighted by Crippen LogP contribution is -2.12. The average Bonchev–Trinajstić information content (AvgIpc) is 2.23. The molecule has 0 heterocycles. The molecular weight excluding hydrogens is 268 g/mol. The molecule has 1 aromatic carbocycles. The van der Waals surface area contributed by atoms with Crippen LogP contribution in [0.1, 0.15) is 19.8 Å². The zero-order chi connectivity index (χ0) is 13.0. The minimum Gasteiger partial charge on any atom is -0.326 e. The van der Waals surface area contributed by atoms with Crippen LogP contribution in [-0.2, 0) is 9.59 Å². The molecule has 0 saturated heterocycles. The standard InChI is InChI=1S/C11H10Cl2FNO2/c1-6(16)2-3-10(17)15-7-4-8(12)11(14)9(13)5-7/h4-5H,2-3H2,1H3,(H,15,17). The fourth-order valence-corrected chi connectivity index (χ4v) is 1.63. The van der Waals surface area contributed by atoms with E-state index in [1.165, 1.54) is 19.1 Å². The van der Waals surface area contributed by atoms with Crippen molar-refractivity contribution < 1.29 is 14.0 Å². The van der Waals surface area contributed by atoms with E-state index in [0.29, 0.717) is 5.69 Å². The van der Waals surface area contributed by atoms with E-state index in [1.54, 1.807) is 0 Å². The van der Waals surface area contributed by atoms with E-state index in [1.807, 2.05) is 0 Å². The zero-order valence-electron chi connectivity index (χ0n) is 9.02. The first-order valence-electron chi connectivity index (χ1n) is 4.84. The van der Waals surface area contributed by atoms with E-state index in [4.69, 9.17) is 23.2 Å². The molecule has 0 aromatic heterocycles. The van der Waals surface area contributed by atoms with E-state index in [0.717, 1.165) is 0 Å². The Morgan fingerprint density at radius 2 is 1.76 bits per heavy atom. The lowest BCUT2D eigenvalue weighted by molar-refractivity contribution is -0.121. The van der Waals surface area contributed by atoms with E-state index in [2.05, 4.69) is 5.32 Å². The third kappa shape index (κ3) is 4.32. The average molecular weight is 278 g/mol. The summed E-state index contributed by atoms with van der Waals surface area (Å²) in [5.74, 6) is -1.15. The third-order valence-corrected chi connectivity index (χ3v) is 2.52. The van der Waals surface area contributed by atoms with Gasteiger partial charge < -0.3 is 10.1 Å². The molecule has 92 valence electrons. The summed E-state index contributed by atoms with van der Waals surface area (Å²) in [6, 6.07) is 2.52. The molecule has 3 nitrogen and oxygen atoms in total. The van der Waals surface area contributed by atoms with Gasteiger partial charge in [0.1, 0.15) is 5.78 Å². The van der Waals surface area contributed by atoms with Crippen molar-refractivity contribution in [3.05, 3.63) is 28.0 Å². The van der Waals surface area contributed by atoms with Crippen molar-refractivity contribution in [2.24, 2.45) is 0 Å². The van der Waals surface area contributed by atoms with Crippen molar-refractivity contribution in [2.45, 2.75) is 19.8 Å². The summed E-state index contributed by atoms with van der Waals surface area (Å²) in [5.41, 5.74) is 0.301. The van der Waals surface area contributed by atoms with Gasteiger partial charge in [0, 0.05) is 18.5 Å². The number of halogens is 3. The summed E-state index contributed by atoms with van der Waals surface area (Å²) in [7, 11) is 0. The summed E-state index contributed by atoms with van der Waals surface area (Å²) >= 11 is 11.1. The first kappa shape index (κ1) is 13.9. The van der Waals surface area contributed by atoms with Gasteiger partial charge in [0.2, 0.25) is 5.91 Å². The second-order valence-electron chi connectivity index (χ2n) is 3.50. The highest BCUT2D eigenvalue weighted by molar-refractivity contribution is 6.35. The molecule has 6 heteroatoms. The number of rotatable bonds is 4. The van der Waals surface area contributed by atoms with Gasteiger partial charge in [0.25, 0.3) is 0 Å². The highest BCUT2D eigenvalue weighted by Crippen LogP contribution is 2.27. The van der Waals surface area contributed by atoms with E-state index < -0.39 is 5.82 Å². The molecule has 0 bridgehead atoms. The normalized spacial score (nSPS) is 10.1. The number of ketones is 1. The summed E-state index contributed by atoms with van der Waals surface area (Å²) in [4.78, 5) is 22.1. The van der Waals surface area contributed by atoms with Crippen molar-refractivity contribution in [1.29, 1.82) is 0 Å². The molecule has 1 amide bonds. The number of anilines is 1. The molecule has 1 rings (SSSR count). The first-order valence-corrected chi connectivity index (χ1v) is 5.59. The van der Waals surface area contributed by atoms with Crippen LogP contribution in [0.25, 0.3) is 0 Å². The Labute approximate surface area is 108 Å². The Morgan fingerprint density at radius 1 is 1.24 bits per heavy atom. The van der Waals surface area contributed by atoms with Crippen molar-refractivity contribution >= 4 is 40.6 Å². The number of benzene rings is 1. The molecule has 1 aromatic rings. The number of amides is 1. The second kappa shape index (κ2) is 5.98. The predicted octanol–water partition coefficient (Wildman–Crippen LogP) is 3.44. The maximum Gasteiger partial charge on any atom is 0.224 e. The fraction of sp³-hybridized carbons (Fsp3) is 0.273. The molecule has 0 unspecified atom stereocenters. The van der Waals surface area contributed by atoms with Crippen LogP contribution in [-0.4, -0.2) is 11.7 Å². The number of carbonyl (C=O) groups is 2. The van der Waals surface area contributed by atoms with Gasteiger partial charge in [0.15, 0.2) is 5.82 Å². The molecule has 0 radical (unpaired) electrons. The topological polar surface area (TPSA) is 46.2 Å². The highest BCUT2D eigenvalue weighted by atomic mass is 35.5. The number of carbonyl (C=O) groups excluding carboxylic acids is 2. The van der Waals surface area contributed by atoms with Gasteiger partial charge in [-0.05, 0) is 19.1 Å². The Morgan fingerprint density at radius 3 is 2.24 bits per heavy atom. The maximum absolute atomic E-state index is 13.1. The number of Topliss-reactive ketones (excluding diaryl/α,β-unsaturated/α-hetero) is 1. The minimum absolute atomic E-state index is 0.0714. The van der Waals surface area contributed by atoms with E-state index in [9.17, 15) is 14.0 Å². The SMILES string of the molecule is CC(=O)CCC(=O)Nc1cc(Cl)c(F)c(Cl)c1. The van der Waals surface area contributed by atoms with Gasteiger partial charge in [0.05, 0.1) is 10.0 Å². The van der Waals surface area contributed by atoms with Crippen molar-refractivity contribution in [2.75, 3.05) is 5.32 Å². The van der Waals surface area contributed by atoms with Crippen molar-refractivity contribution in [3.63, 3.8) is 0 Å². The third-order valence-electron chi connectivity index (χ3n) is 1.97. The smallest absolute Gasteiger partial charge is 0.224 e. The lowest BCUT2D eigenvalue weighted by Gasteiger charge is -2.06. The predicted molar refractivity (Wildman–Crippen MR) is 65.0 cm³/mol. The highest BCUT2D eigenvalue weighted by Gasteiger charge is 2.10. The quantitative estimate of drug-likeness (QED) is 0.857. The molecule has 0 fully saturated rings. The minimum atomic E-state index is -0.727. The van der Waals surface area contributed by atoms with Crippen LogP contribution in [0.15, 0.2) is 12.1 Å². The van der Waals surface area contributed by atoms with Gasteiger partial charge in [-0.1, -0.05) is 23.2 Å². The Bertz CT molecular complexity index is 440. The van der Waals surface area contributed by atoms with Crippen molar-refractivity contribution in [3.8, 4) is 0 Å². The molecular formula is C11H10Cl2FNO2. The maximum atomic E-state index is 13.1. The molecule has 17 heavy (non-hydrogen) atoms. The number of hydrogen-bond donors (Lipinski definition) is 1. The van der Waals surface area contributed by atoms with Gasteiger partial charge in [-0.25, -0.2) is 4.39 Å². The summed E-state index contributed by atoms with van der Waals surface area (Å²) in [5, 5.41) is 2.14. The summed E-state index contributed by atoms with van der Waals surface area (Å²) < 4.78 is 13.1. The summed E-state index contributed by atoms with van der Waals surface area (Å²) in [6.07, 6.45) is 0.233. The largest absolute Gasteiger partial charge is 0.326 e. The van der Waals surface area contributed by atoms with Gasteiger partial charge >= 0.3 is 0 Å². The number of hydrogen-bond acceptors (Lipinski definition) is 2. The second-order valence-corrected chi connectivity index (χ2v) is 4.32. The molecule has 0 spiro atoms. The zero-order valence-corrected chi connectivity index (χ0v) is 10.5. The lowest BCUT2D eigenvalue weighted by atomic mass is 10.2. The fourth-order valence-electron chi connectivity index (χ4n) is 1.14. The number of nitrogens with one attached hydrogen (secondary N) is 1. The van der Waals surface area contributed by atoms with Crippen LogP contribution in [0.3, 0.4) is 0 Å². The Hall–Kier alpha value is -1.13. The monoisotopic (exact) mass is 277 g/mol. The van der Waals surface area contributed by atoms with Crippen LogP contribution in [0.5, 0.6) is 0 Å². The molecule has 1 N–H and O–H groups in total. The van der Waals surface area contributed by atoms with Crippen LogP contribution < -0.4 is 5.32 Å². The Kier molecular flexibility index (Phi) is 4.90. The van der Waals surface area contributed by atoms with Gasteiger partial charge in [-0.3, -0.25) is 4.79 Å². The van der Waals surface area contributed by atoms with Crippen LogP contribution in [0, 0.1) is 5.82 Å². The van der Waals surface area contributed by atoms with Crippen LogP contribution >= 0.6 is 23.2 Å². The van der Waals surface area contributed by atoms with Gasteiger partial charge in [-0.15, -0.1) is 0 Å². The molecule has 0 atom stereocenters. The van der Waals surface area contributed by atoms with Gasteiger partial charge in [-0.2, -0.15) is 0 Å². The molecule has 0 aliphatic heterocycles.